The molecule has 1 heteroatoms. The summed E-state index contributed by atoms with van der Waals surface area (Å²) in [5.41, 5.74) is 0. The first-order valence-corrected chi connectivity index (χ1v) is 5.75. The summed E-state index contributed by atoms with van der Waals surface area (Å²) in [4.78, 5) is 1.88. The van der Waals surface area contributed by atoms with Crippen LogP contribution in [0, 0.1) is 0 Å². The van der Waals surface area contributed by atoms with E-state index < -0.39 is 0 Å². The average Bonchev–Trinajstić information content (AvgIpc) is 2.10. The van der Waals surface area contributed by atoms with Gasteiger partial charge in [-0.3, -0.25) is 0 Å². The van der Waals surface area contributed by atoms with Crippen LogP contribution >= 0.6 is 15.9 Å². The van der Waals surface area contributed by atoms with Gasteiger partial charge >= 0.3 is 0 Å². The zero-order valence-corrected chi connectivity index (χ0v) is 9.52. The Bertz CT molecular complexity index is 125. The molecule has 0 atom stereocenters. The van der Waals surface area contributed by atoms with E-state index in [0.717, 1.165) is 0 Å². The molecule has 0 radical (unpaired) electrons. The van der Waals surface area contributed by atoms with Crippen molar-refractivity contribution < 1.29 is 0 Å². The van der Waals surface area contributed by atoms with Crippen molar-refractivity contribution in [2.45, 2.75) is 45.4 Å². The average molecular weight is 231 g/mol. The van der Waals surface area contributed by atoms with Crippen LogP contribution in [0.3, 0.4) is 0 Å². The SMILES string of the molecule is CCCCCCC/C=C/C=C/Br. The van der Waals surface area contributed by atoms with E-state index in [1.165, 1.54) is 38.5 Å². The monoisotopic (exact) mass is 230 g/mol. The summed E-state index contributed by atoms with van der Waals surface area (Å²) in [5.74, 6) is 0. The maximum absolute atomic E-state index is 3.22. The van der Waals surface area contributed by atoms with Gasteiger partial charge in [-0.2, -0.15) is 0 Å². The molecule has 12 heavy (non-hydrogen) atoms. The molecule has 0 spiro atoms. The van der Waals surface area contributed by atoms with Crippen LogP contribution in [0.25, 0.3) is 0 Å². The zero-order chi connectivity index (χ0) is 9.07. The molecule has 0 aliphatic rings. The van der Waals surface area contributed by atoms with Gasteiger partial charge in [-0.25, -0.2) is 0 Å². The van der Waals surface area contributed by atoms with Gasteiger partial charge in [-0.1, -0.05) is 66.8 Å². The Morgan fingerprint density at radius 2 is 1.75 bits per heavy atom. The minimum absolute atomic E-state index is 1.22. The van der Waals surface area contributed by atoms with Crippen LogP contribution < -0.4 is 0 Å². The number of unbranched alkanes of at least 4 members (excludes halogenated alkanes) is 5. The van der Waals surface area contributed by atoms with E-state index in [1.807, 2.05) is 11.1 Å². The molecule has 0 heterocycles. The second-order valence-corrected chi connectivity index (χ2v) is 3.48. The van der Waals surface area contributed by atoms with Crippen LogP contribution in [0.4, 0.5) is 0 Å². The molecule has 0 aromatic carbocycles. The van der Waals surface area contributed by atoms with E-state index >= 15 is 0 Å². The highest BCUT2D eigenvalue weighted by Gasteiger charge is 1.85. The van der Waals surface area contributed by atoms with Crippen molar-refractivity contribution in [2.24, 2.45) is 0 Å². The lowest BCUT2D eigenvalue weighted by molar-refractivity contribution is 0.637. The van der Waals surface area contributed by atoms with Gasteiger partial charge in [-0.05, 0) is 17.8 Å². The molecule has 0 aliphatic heterocycles. The third kappa shape index (κ3) is 9.96. The molecule has 0 bridgehead atoms. The predicted octanol–water partition coefficient (Wildman–Crippen LogP) is 4.81. The summed E-state index contributed by atoms with van der Waals surface area (Å²) in [6.07, 6.45) is 14.4. The zero-order valence-electron chi connectivity index (χ0n) is 7.93. The van der Waals surface area contributed by atoms with E-state index in [-0.39, 0.29) is 0 Å². The lowest BCUT2D eigenvalue weighted by Gasteiger charge is -1.95. The van der Waals surface area contributed by atoms with Gasteiger partial charge in [-0.15, -0.1) is 0 Å². The van der Waals surface area contributed by atoms with Crippen molar-refractivity contribution in [1.29, 1.82) is 0 Å². The molecular weight excluding hydrogens is 212 g/mol. The molecule has 0 saturated carbocycles. The first-order chi connectivity index (χ1) is 5.91. The summed E-state index contributed by atoms with van der Waals surface area (Å²) < 4.78 is 0. The van der Waals surface area contributed by atoms with Crippen molar-refractivity contribution >= 4 is 15.9 Å². The highest BCUT2D eigenvalue weighted by atomic mass is 79.9. The molecule has 0 unspecified atom stereocenters. The van der Waals surface area contributed by atoms with Crippen LogP contribution in [0.1, 0.15) is 45.4 Å². The van der Waals surface area contributed by atoms with Gasteiger partial charge in [0.15, 0.2) is 0 Å². The number of hydrogen-bond donors (Lipinski definition) is 0. The first kappa shape index (κ1) is 12.0. The fourth-order valence-electron chi connectivity index (χ4n) is 1.08. The van der Waals surface area contributed by atoms with E-state index in [2.05, 4.69) is 35.0 Å². The summed E-state index contributed by atoms with van der Waals surface area (Å²) in [5, 5.41) is 0. The van der Waals surface area contributed by atoms with Crippen molar-refractivity contribution in [3.8, 4) is 0 Å². The summed E-state index contributed by atoms with van der Waals surface area (Å²) in [7, 11) is 0. The maximum atomic E-state index is 3.22. The van der Waals surface area contributed by atoms with Crippen LogP contribution in [-0.4, -0.2) is 0 Å². The first-order valence-electron chi connectivity index (χ1n) is 4.83. The number of rotatable bonds is 7. The van der Waals surface area contributed by atoms with Gasteiger partial charge in [0.05, 0.1) is 0 Å². The fraction of sp³-hybridized carbons (Fsp3) is 0.636. The van der Waals surface area contributed by atoms with Gasteiger partial charge in [0.2, 0.25) is 0 Å². The molecular formula is C11H19Br. The molecule has 0 amide bonds. The molecule has 70 valence electrons. The van der Waals surface area contributed by atoms with Gasteiger partial charge < -0.3 is 0 Å². The normalized spacial score (nSPS) is 11.8. The Hall–Kier alpha value is -0.0400. The fourth-order valence-corrected chi connectivity index (χ4v) is 1.26. The maximum Gasteiger partial charge on any atom is -0.0189 e. The minimum atomic E-state index is 1.22. The van der Waals surface area contributed by atoms with Crippen LogP contribution in [0.5, 0.6) is 0 Å². The molecule has 0 aromatic heterocycles. The molecule has 0 rings (SSSR count). The molecule has 0 saturated heterocycles. The Balaban J connectivity index is 3.00. The number of halogens is 1. The lowest BCUT2D eigenvalue weighted by atomic mass is 10.1. The lowest BCUT2D eigenvalue weighted by Crippen LogP contribution is -1.75. The number of hydrogen-bond acceptors (Lipinski definition) is 0. The third-order valence-corrected chi connectivity index (χ3v) is 2.10. The second kappa shape index (κ2) is 11.0. The standard InChI is InChI=1S/C11H19Br/c1-2-3-4-5-6-7-8-9-10-11-12/h8-11H,2-7H2,1H3/b9-8+,11-10+. The highest BCUT2D eigenvalue weighted by molar-refractivity contribution is 9.11. The molecule has 0 nitrogen and oxygen atoms in total. The van der Waals surface area contributed by atoms with Crippen molar-refractivity contribution in [3.05, 3.63) is 23.2 Å². The Labute approximate surface area is 84.9 Å². The van der Waals surface area contributed by atoms with Gasteiger partial charge in [0.1, 0.15) is 0 Å². The summed E-state index contributed by atoms with van der Waals surface area (Å²) >= 11 is 3.22. The molecule has 0 fully saturated rings. The van der Waals surface area contributed by atoms with Crippen LogP contribution in [0.15, 0.2) is 23.2 Å². The topological polar surface area (TPSA) is 0 Å². The Morgan fingerprint density at radius 1 is 1.00 bits per heavy atom. The van der Waals surface area contributed by atoms with Gasteiger partial charge in [0.25, 0.3) is 0 Å². The van der Waals surface area contributed by atoms with Crippen molar-refractivity contribution in [3.63, 3.8) is 0 Å². The predicted molar refractivity (Wildman–Crippen MR) is 60.6 cm³/mol. The quantitative estimate of drug-likeness (QED) is 0.435. The van der Waals surface area contributed by atoms with E-state index in [4.69, 9.17) is 0 Å². The highest BCUT2D eigenvalue weighted by Crippen LogP contribution is 2.05. The van der Waals surface area contributed by atoms with Crippen LogP contribution in [-0.2, 0) is 0 Å². The summed E-state index contributed by atoms with van der Waals surface area (Å²) in [6, 6.07) is 0. The molecule has 0 aromatic rings. The van der Waals surface area contributed by atoms with E-state index in [9.17, 15) is 0 Å². The van der Waals surface area contributed by atoms with E-state index in [1.54, 1.807) is 0 Å². The third-order valence-electron chi connectivity index (χ3n) is 1.79. The minimum Gasteiger partial charge on any atom is -0.0845 e. The Kier molecular flexibility index (Phi) is 10.9. The van der Waals surface area contributed by atoms with Crippen molar-refractivity contribution in [2.75, 3.05) is 0 Å². The number of allylic oxidation sites excluding steroid dienone is 3. The van der Waals surface area contributed by atoms with Gasteiger partial charge in [0, 0.05) is 0 Å². The summed E-state index contributed by atoms with van der Waals surface area (Å²) in [6.45, 7) is 2.25. The van der Waals surface area contributed by atoms with Crippen molar-refractivity contribution in [1.82, 2.24) is 0 Å². The molecule has 0 aliphatic carbocycles. The van der Waals surface area contributed by atoms with Crippen LogP contribution in [0.2, 0.25) is 0 Å². The van der Waals surface area contributed by atoms with E-state index in [0.29, 0.717) is 0 Å². The molecule has 0 N–H and O–H groups in total. The second-order valence-electron chi connectivity index (χ2n) is 2.95. The largest absolute Gasteiger partial charge is 0.0845 e. The Morgan fingerprint density at radius 3 is 2.42 bits per heavy atom. The smallest absolute Gasteiger partial charge is 0.0189 e.